The molecule has 64 heavy (non-hydrogen) atoms. The van der Waals surface area contributed by atoms with Crippen LogP contribution in [0.15, 0.2) is 253 Å². The van der Waals surface area contributed by atoms with E-state index in [0.717, 1.165) is 50.9 Å². The Hall–Kier alpha value is -8.20. The minimum Gasteiger partial charge on any atom is -0.455 e. The number of rotatable bonds is 8. The van der Waals surface area contributed by atoms with Crippen molar-refractivity contribution >= 4 is 54.9 Å². The lowest BCUT2D eigenvalue weighted by molar-refractivity contribution is 0.670. The summed E-state index contributed by atoms with van der Waals surface area (Å²) in [5.41, 5.74) is 16.2. The van der Waals surface area contributed by atoms with Crippen LogP contribution in [0.5, 0.6) is 0 Å². The van der Waals surface area contributed by atoms with Crippen LogP contribution in [0.3, 0.4) is 0 Å². The Bertz CT molecular complexity index is 3560. The molecule has 0 bridgehead atoms. The predicted octanol–water partition coefficient (Wildman–Crippen LogP) is 17.3. The minimum absolute atomic E-state index is 0.213. The van der Waals surface area contributed by atoms with Gasteiger partial charge in [-0.05, 0) is 109 Å². The van der Waals surface area contributed by atoms with E-state index < -0.39 is 0 Å². The molecule has 1 heterocycles. The zero-order valence-corrected chi connectivity index (χ0v) is 35.2. The second-order valence-electron chi connectivity index (χ2n) is 16.8. The fourth-order valence-corrected chi connectivity index (χ4v) is 9.91. The number of para-hydroxylation sites is 2. The van der Waals surface area contributed by atoms with Gasteiger partial charge in [-0.2, -0.15) is 0 Å². The van der Waals surface area contributed by atoms with Gasteiger partial charge < -0.3 is 9.32 Å². The third-order valence-electron chi connectivity index (χ3n) is 13.1. The van der Waals surface area contributed by atoms with Crippen LogP contribution in [0.25, 0.3) is 88.0 Å². The van der Waals surface area contributed by atoms with Crippen LogP contribution in [-0.2, 0) is 0 Å². The van der Waals surface area contributed by atoms with Gasteiger partial charge in [0.1, 0.15) is 11.2 Å². The fourth-order valence-electron chi connectivity index (χ4n) is 9.91. The lowest BCUT2D eigenvalue weighted by Gasteiger charge is -2.31. The van der Waals surface area contributed by atoms with Gasteiger partial charge in [-0.3, -0.25) is 0 Å². The first kappa shape index (κ1) is 37.6. The third kappa shape index (κ3) is 6.68. The number of hydrogen-bond donors (Lipinski definition) is 0. The van der Waals surface area contributed by atoms with Crippen LogP contribution in [-0.4, -0.2) is 0 Å². The van der Waals surface area contributed by atoms with Crippen LogP contribution >= 0.6 is 0 Å². The highest BCUT2D eigenvalue weighted by molar-refractivity contribution is 6.09. The molecule has 0 spiro atoms. The minimum atomic E-state index is 0.213. The summed E-state index contributed by atoms with van der Waals surface area (Å²) in [6, 6.07) is 81.3. The molecule has 1 aliphatic carbocycles. The van der Waals surface area contributed by atoms with E-state index in [-0.39, 0.29) is 5.92 Å². The lowest BCUT2D eigenvalue weighted by Crippen LogP contribution is -2.19. The maximum absolute atomic E-state index is 6.46. The molecule has 10 aromatic carbocycles. The average Bonchev–Trinajstić information content (AvgIpc) is 3.76. The molecule has 0 saturated carbocycles. The van der Waals surface area contributed by atoms with E-state index in [1.54, 1.807) is 0 Å². The zero-order chi connectivity index (χ0) is 42.4. The quantitative estimate of drug-likeness (QED) is 0.152. The van der Waals surface area contributed by atoms with E-state index in [2.05, 4.69) is 235 Å². The Morgan fingerprint density at radius 3 is 1.58 bits per heavy atom. The van der Waals surface area contributed by atoms with Gasteiger partial charge in [-0.1, -0.05) is 206 Å². The van der Waals surface area contributed by atoms with E-state index in [4.69, 9.17) is 4.42 Å². The Morgan fingerprint density at radius 1 is 0.375 bits per heavy atom. The highest BCUT2D eigenvalue weighted by Gasteiger charge is 2.22. The van der Waals surface area contributed by atoms with Crippen LogP contribution in [0.1, 0.15) is 17.9 Å². The molecule has 0 radical (unpaired) electrons. The van der Waals surface area contributed by atoms with E-state index >= 15 is 0 Å². The Labute approximate surface area is 373 Å². The Kier molecular flexibility index (Phi) is 9.34. The van der Waals surface area contributed by atoms with Gasteiger partial charge in [0.15, 0.2) is 0 Å². The van der Waals surface area contributed by atoms with Gasteiger partial charge in [0.05, 0.1) is 0 Å². The van der Waals surface area contributed by atoms with Crippen molar-refractivity contribution in [3.8, 4) is 44.5 Å². The molecular weight excluding hydrogens is 775 g/mol. The summed E-state index contributed by atoms with van der Waals surface area (Å²) < 4.78 is 6.46. The maximum atomic E-state index is 6.46. The largest absolute Gasteiger partial charge is 0.455 e. The maximum Gasteiger partial charge on any atom is 0.143 e. The second-order valence-corrected chi connectivity index (χ2v) is 16.8. The van der Waals surface area contributed by atoms with E-state index in [9.17, 15) is 0 Å². The molecule has 1 atom stereocenters. The summed E-state index contributed by atoms with van der Waals surface area (Å²) in [7, 11) is 0. The number of benzene rings is 10. The lowest BCUT2D eigenvalue weighted by atomic mass is 9.87. The average molecular weight is 818 g/mol. The molecule has 11 aromatic rings. The Morgan fingerprint density at radius 2 is 0.859 bits per heavy atom. The summed E-state index contributed by atoms with van der Waals surface area (Å²) in [5, 5.41) is 7.31. The van der Waals surface area contributed by atoms with Crippen molar-refractivity contribution in [2.24, 2.45) is 0 Å². The van der Waals surface area contributed by atoms with Gasteiger partial charge >= 0.3 is 0 Å². The van der Waals surface area contributed by atoms with Crippen molar-refractivity contribution in [1.29, 1.82) is 0 Å². The standard InChI is InChI=1S/C62H43NO/c1-3-19-52-43(13-1)15-10-24-53(52)46-33-37-49(38-34-46)63(50-39-35-47(36-40-50)56-25-12-27-60-59-23-7-8-28-61(59)64-62(56)60)51-18-9-17-48(41-51)42-29-31-45(32-30-42)55-21-5-6-22-57(55)58-26-11-16-44-14-2-4-20-54(44)58/h1-40,48H,41H2. The normalized spacial score (nSPS) is 13.8. The van der Waals surface area contributed by atoms with Crippen LogP contribution in [0.2, 0.25) is 0 Å². The molecule has 12 rings (SSSR count). The van der Waals surface area contributed by atoms with Crippen molar-refractivity contribution in [3.63, 3.8) is 0 Å². The molecule has 302 valence electrons. The predicted molar refractivity (Wildman–Crippen MR) is 270 cm³/mol. The van der Waals surface area contributed by atoms with Gasteiger partial charge in [0, 0.05) is 39.3 Å². The number of fused-ring (bicyclic) bond motifs is 5. The van der Waals surface area contributed by atoms with Crippen molar-refractivity contribution < 1.29 is 4.42 Å². The van der Waals surface area contributed by atoms with Gasteiger partial charge in [0.2, 0.25) is 0 Å². The van der Waals surface area contributed by atoms with Crippen LogP contribution in [0.4, 0.5) is 11.4 Å². The summed E-state index contributed by atoms with van der Waals surface area (Å²) in [6.45, 7) is 0. The SMILES string of the molecule is C1=CC(c2ccc(-c3ccccc3-c3cccc4ccccc34)cc2)CC(N(c2ccc(-c3cccc4ccccc34)cc2)c2ccc(-c3cccc4c3oc3ccccc34)cc2)=C1. The van der Waals surface area contributed by atoms with Gasteiger partial charge in [-0.15, -0.1) is 0 Å². The van der Waals surface area contributed by atoms with Crippen LogP contribution < -0.4 is 4.90 Å². The highest BCUT2D eigenvalue weighted by atomic mass is 16.3. The van der Waals surface area contributed by atoms with Crippen molar-refractivity contribution in [3.05, 3.63) is 254 Å². The van der Waals surface area contributed by atoms with Gasteiger partial charge in [0.25, 0.3) is 0 Å². The second kappa shape index (κ2) is 15.9. The van der Waals surface area contributed by atoms with Crippen molar-refractivity contribution in [2.75, 3.05) is 4.90 Å². The molecule has 0 saturated heterocycles. The molecular formula is C62H43NO. The molecule has 1 aromatic heterocycles. The molecule has 0 fully saturated rings. The number of nitrogens with zero attached hydrogens (tertiary/aromatic N) is 1. The smallest absolute Gasteiger partial charge is 0.143 e. The molecule has 0 aliphatic heterocycles. The molecule has 2 nitrogen and oxygen atoms in total. The molecule has 2 heteroatoms. The van der Waals surface area contributed by atoms with Crippen molar-refractivity contribution in [2.45, 2.75) is 12.3 Å². The highest BCUT2D eigenvalue weighted by Crippen LogP contribution is 2.42. The number of furan rings is 1. The van der Waals surface area contributed by atoms with E-state index in [0.29, 0.717) is 0 Å². The number of hydrogen-bond acceptors (Lipinski definition) is 2. The summed E-state index contributed by atoms with van der Waals surface area (Å²) in [5.74, 6) is 0.213. The summed E-state index contributed by atoms with van der Waals surface area (Å²) in [6.07, 6.45) is 7.73. The van der Waals surface area contributed by atoms with E-state index in [1.165, 1.54) is 66.2 Å². The molecule has 1 unspecified atom stereocenters. The molecule has 1 aliphatic rings. The molecule has 0 N–H and O–H groups in total. The first-order chi connectivity index (χ1) is 31.7. The first-order valence-electron chi connectivity index (χ1n) is 22.2. The first-order valence-corrected chi connectivity index (χ1v) is 22.2. The molecule has 0 amide bonds. The topological polar surface area (TPSA) is 16.4 Å². The zero-order valence-electron chi connectivity index (χ0n) is 35.2. The third-order valence-corrected chi connectivity index (χ3v) is 13.1. The Balaban J connectivity index is 0.886. The summed E-state index contributed by atoms with van der Waals surface area (Å²) >= 11 is 0. The van der Waals surface area contributed by atoms with Crippen LogP contribution in [0, 0.1) is 0 Å². The van der Waals surface area contributed by atoms with Gasteiger partial charge in [-0.25, -0.2) is 0 Å². The number of anilines is 2. The number of allylic oxidation sites excluding steroid dienone is 4. The van der Waals surface area contributed by atoms with E-state index in [1.807, 2.05) is 12.1 Å². The fraction of sp³-hybridized carbons (Fsp3) is 0.0323. The van der Waals surface area contributed by atoms with Crippen molar-refractivity contribution in [1.82, 2.24) is 0 Å². The summed E-state index contributed by atoms with van der Waals surface area (Å²) in [4.78, 5) is 2.43. The monoisotopic (exact) mass is 817 g/mol.